The van der Waals surface area contributed by atoms with Crippen LogP contribution in [0.2, 0.25) is 0 Å². The molecule has 2 nitrogen and oxygen atoms in total. The molecule has 1 aliphatic heterocycles. The number of piperazine rings is 1. The van der Waals surface area contributed by atoms with Gasteiger partial charge in [0.05, 0.1) is 0 Å². The Balaban J connectivity index is 3.70. The third kappa shape index (κ3) is 1.95. The lowest BCUT2D eigenvalue weighted by atomic mass is 10.0. The van der Waals surface area contributed by atoms with E-state index in [4.69, 9.17) is 19.2 Å². The van der Waals surface area contributed by atoms with Gasteiger partial charge >= 0.3 is 0 Å². The van der Waals surface area contributed by atoms with Crippen molar-refractivity contribution >= 4 is 0 Å². The second-order valence-corrected chi connectivity index (χ2v) is 1.38. The monoisotopic (exact) mass is 142 g/mol. The zero-order chi connectivity index (χ0) is 18.9. The Kier molecular flexibility index (Phi) is 0.376. The molecule has 1 rings (SSSR count). The standard InChI is InChI=1S/C7H16N2/c1-6(2)7-5-8-3-4-9-7/h6-9H,3-5H2,1-2H3/t7-/m1/s1/i1D3,2D3,3D2,4D2,5D2,6D,7D. The van der Waals surface area contributed by atoms with Gasteiger partial charge < -0.3 is 10.6 Å². The van der Waals surface area contributed by atoms with E-state index in [1.54, 1.807) is 0 Å². The molecule has 1 aliphatic rings. The van der Waals surface area contributed by atoms with E-state index in [1.165, 1.54) is 10.6 Å². The summed E-state index contributed by atoms with van der Waals surface area (Å²) < 4.78 is 105. The number of hydrogen-bond donors (Lipinski definition) is 2. The van der Waals surface area contributed by atoms with Gasteiger partial charge in [-0.05, 0) is 5.89 Å². The first-order valence-electron chi connectivity index (χ1n) is 9.25. The molecule has 0 aromatic carbocycles. The largest absolute Gasteiger partial charge is 0.314 e. The van der Waals surface area contributed by atoms with Crippen molar-refractivity contribution in [3.05, 3.63) is 0 Å². The summed E-state index contributed by atoms with van der Waals surface area (Å²) in [6, 6.07) is -3.56. The lowest BCUT2D eigenvalue weighted by Gasteiger charge is -2.27. The van der Waals surface area contributed by atoms with Gasteiger partial charge in [0.2, 0.25) is 0 Å². The molecule has 0 amide bonds. The maximum absolute atomic E-state index is 8.06. The summed E-state index contributed by atoms with van der Waals surface area (Å²) in [7, 11) is 0. The van der Waals surface area contributed by atoms with Crippen LogP contribution in [0.1, 0.15) is 32.9 Å². The molecule has 0 aromatic rings. The van der Waals surface area contributed by atoms with Gasteiger partial charge in [0.1, 0.15) is 0 Å². The Labute approximate surface area is 76.7 Å². The second kappa shape index (κ2) is 3.18. The van der Waals surface area contributed by atoms with Crippen LogP contribution in [0, 0.1) is 5.89 Å². The molecule has 2 N–H and O–H groups in total. The van der Waals surface area contributed by atoms with Crippen LogP contribution < -0.4 is 10.6 Å². The predicted molar refractivity (Wildman–Crippen MR) is 39.5 cm³/mol. The number of rotatable bonds is 1. The molecule has 1 saturated heterocycles. The Morgan fingerprint density at radius 2 is 2.78 bits per heavy atom. The van der Waals surface area contributed by atoms with E-state index < -0.39 is 45.1 Å². The topological polar surface area (TPSA) is 24.1 Å². The molecule has 54 valence electrons. The van der Waals surface area contributed by atoms with Gasteiger partial charge in [-0.15, -0.1) is 0 Å². The number of nitrogens with one attached hydrogen (secondary N) is 2. The SMILES string of the molecule is [2H]C([2H])([2H])C([2H])(C([2H])([2H])[2H])[C@]1([2H])NC([2H])([2H])C([2H])([2H])NC1([2H])[2H]. The summed E-state index contributed by atoms with van der Waals surface area (Å²) in [4.78, 5) is 0. The molecule has 0 saturated carbocycles. The maximum Gasteiger partial charge on any atom is 0.0481 e. The highest BCUT2D eigenvalue weighted by atomic mass is 15.1. The molecular formula is C7H16N2. The maximum atomic E-state index is 8.06. The van der Waals surface area contributed by atoms with Crippen LogP contribution in [0.4, 0.5) is 0 Å². The van der Waals surface area contributed by atoms with Gasteiger partial charge in [-0.3, -0.25) is 0 Å². The van der Waals surface area contributed by atoms with Gasteiger partial charge in [-0.1, -0.05) is 13.7 Å². The molecule has 1 fully saturated rings. The fraction of sp³-hybridized carbons (Fsp3) is 1.00. The highest BCUT2D eigenvalue weighted by molar-refractivity contribution is 4.77. The summed E-state index contributed by atoms with van der Waals surface area (Å²) in [6.07, 6.45) is 0. The summed E-state index contributed by atoms with van der Waals surface area (Å²) in [6.45, 7) is -17.1. The molecule has 2 heteroatoms. The minimum atomic E-state index is -3.80. The summed E-state index contributed by atoms with van der Waals surface area (Å²) in [5.74, 6) is -3.80. The van der Waals surface area contributed by atoms with E-state index in [1.807, 2.05) is 0 Å². The molecule has 0 radical (unpaired) electrons. The quantitative estimate of drug-likeness (QED) is 0.547. The normalized spacial score (nSPS) is 80.9. The van der Waals surface area contributed by atoms with Crippen LogP contribution in [0.15, 0.2) is 0 Å². The van der Waals surface area contributed by atoms with Crippen molar-refractivity contribution in [3.63, 3.8) is 0 Å². The van der Waals surface area contributed by atoms with Gasteiger partial charge in [-0.25, -0.2) is 0 Å². The van der Waals surface area contributed by atoms with Crippen molar-refractivity contribution in [3.8, 4) is 0 Å². The average molecular weight is 142 g/mol. The first-order valence-corrected chi connectivity index (χ1v) is 2.25. The third-order valence-electron chi connectivity index (χ3n) is 0.750. The molecule has 0 aliphatic carbocycles. The lowest BCUT2D eigenvalue weighted by Crippen LogP contribution is -2.50. The van der Waals surface area contributed by atoms with E-state index in [0.29, 0.717) is 0 Å². The smallest absolute Gasteiger partial charge is 0.0481 e. The predicted octanol–water partition coefficient (Wildman–Crippen LogP) is 0.204. The molecule has 0 unspecified atom stereocenters. The van der Waals surface area contributed by atoms with Crippen LogP contribution >= 0.6 is 0 Å². The Bertz CT molecular complexity index is 462. The molecule has 0 aromatic heterocycles. The molecule has 0 bridgehead atoms. The van der Waals surface area contributed by atoms with Gasteiger partial charge in [0.15, 0.2) is 0 Å². The van der Waals surface area contributed by atoms with Crippen LogP contribution in [0.5, 0.6) is 0 Å². The van der Waals surface area contributed by atoms with Crippen LogP contribution in [-0.2, 0) is 0 Å². The van der Waals surface area contributed by atoms with E-state index in [9.17, 15) is 0 Å². The first kappa shape index (κ1) is 1.07. The summed E-state index contributed by atoms with van der Waals surface area (Å²) >= 11 is 0. The van der Waals surface area contributed by atoms with E-state index in [2.05, 4.69) is 0 Å². The molecule has 1 atom stereocenters. The second-order valence-electron chi connectivity index (χ2n) is 1.38. The Hall–Kier alpha value is -0.0800. The van der Waals surface area contributed by atoms with Crippen LogP contribution in [0.25, 0.3) is 0 Å². The average Bonchev–Trinajstić information content (AvgIpc) is 2.20. The minimum absolute atomic E-state index is 1.48. The minimum Gasteiger partial charge on any atom is -0.314 e. The van der Waals surface area contributed by atoms with Gasteiger partial charge in [0.25, 0.3) is 0 Å². The van der Waals surface area contributed by atoms with Crippen molar-refractivity contribution < 1.29 is 19.2 Å². The van der Waals surface area contributed by atoms with Crippen molar-refractivity contribution in [2.24, 2.45) is 5.89 Å². The first-order chi connectivity index (χ1) is 9.66. The zero-order valence-corrected chi connectivity index (χ0v) is 4.50. The van der Waals surface area contributed by atoms with E-state index in [-0.39, 0.29) is 0 Å². The lowest BCUT2D eigenvalue weighted by molar-refractivity contribution is 0.342. The van der Waals surface area contributed by atoms with E-state index >= 15 is 0 Å². The molecule has 1 heterocycles. The summed E-state index contributed by atoms with van der Waals surface area (Å²) in [5.41, 5.74) is 0. The molecule has 9 heavy (non-hydrogen) atoms. The highest BCUT2D eigenvalue weighted by Gasteiger charge is 2.14. The summed E-state index contributed by atoms with van der Waals surface area (Å²) in [5, 5.41) is 2.97. The Morgan fingerprint density at radius 3 is 3.56 bits per heavy atom. The molecule has 0 spiro atoms. The molecular weight excluding hydrogens is 112 g/mol. The van der Waals surface area contributed by atoms with Crippen molar-refractivity contribution in [2.75, 3.05) is 19.5 Å². The highest BCUT2D eigenvalue weighted by Crippen LogP contribution is 2.00. The van der Waals surface area contributed by atoms with E-state index in [0.717, 1.165) is 0 Å². The number of hydrogen-bond acceptors (Lipinski definition) is 2. The van der Waals surface area contributed by atoms with Crippen molar-refractivity contribution in [1.82, 2.24) is 10.6 Å². The Morgan fingerprint density at radius 1 is 1.89 bits per heavy atom. The van der Waals surface area contributed by atoms with Crippen molar-refractivity contribution in [2.45, 2.75) is 19.7 Å². The fourth-order valence-electron chi connectivity index (χ4n) is 0.375. The van der Waals surface area contributed by atoms with Gasteiger partial charge in [-0.2, -0.15) is 0 Å². The fourth-order valence-corrected chi connectivity index (χ4v) is 0.375. The van der Waals surface area contributed by atoms with Gasteiger partial charge in [0, 0.05) is 44.7 Å². The van der Waals surface area contributed by atoms with Crippen molar-refractivity contribution in [1.29, 1.82) is 0 Å². The zero-order valence-electron chi connectivity index (χ0n) is 18.5. The van der Waals surface area contributed by atoms with Crippen LogP contribution in [0.3, 0.4) is 0 Å². The third-order valence-corrected chi connectivity index (χ3v) is 0.750. The van der Waals surface area contributed by atoms with Crippen LogP contribution in [-0.4, -0.2) is 25.5 Å².